The maximum Gasteiger partial charge on any atom is 0.242 e. The molecule has 15 heteroatoms. The lowest BCUT2D eigenvalue weighted by atomic mass is 9.86. The molecule has 1 fully saturated rings. The first-order chi connectivity index (χ1) is 22.9. The maximum absolute atomic E-state index is 13.9. The van der Waals surface area contributed by atoms with Crippen molar-refractivity contribution in [3.8, 4) is 11.6 Å². The van der Waals surface area contributed by atoms with Crippen LogP contribution < -0.4 is 10.1 Å². The Kier molecular flexibility index (Phi) is 10.6. The van der Waals surface area contributed by atoms with E-state index in [-0.39, 0.29) is 40.2 Å². The summed E-state index contributed by atoms with van der Waals surface area (Å²) in [6, 6.07) is 2.44. The summed E-state index contributed by atoms with van der Waals surface area (Å²) in [4.78, 5) is 39.3. The fourth-order valence-electron chi connectivity index (χ4n) is 6.09. The smallest absolute Gasteiger partial charge is 0.242 e. The topological polar surface area (TPSA) is 128 Å². The third kappa shape index (κ3) is 8.32. The molecule has 1 unspecified atom stereocenters. The lowest BCUT2D eigenvalue weighted by Crippen LogP contribution is -2.64. The highest BCUT2D eigenvalue weighted by atomic mass is 28.4. The highest BCUT2D eigenvalue weighted by molar-refractivity contribution is 6.74. The van der Waals surface area contributed by atoms with Crippen LogP contribution in [0.2, 0.25) is 18.1 Å². The Hall–Kier alpha value is -3.82. The minimum atomic E-state index is -1.85. The summed E-state index contributed by atoms with van der Waals surface area (Å²) >= 11 is 0. The van der Waals surface area contributed by atoms with Gasteiger partial charge in [0.15, 0.2) is 25.7 Å². The number of nitrogens with one attached hydrogen (secondary N) is 1. The van der Waals surface area contributed by atoms with Crippen LogP contribution in [0.15, 0.2) is 30.6 Å². The van der Waals surface area contributed by atoms with E-state index < -0.39 is 31.5 Å². The Morgan fingerprint density at radius 3 is 2.55 bits per heavy atom. The van der Waals surface area contributed by atoms with Gasteiger partial charge in [-0.25, -0.2) is 23.4 Å². The first-order valence-corrected chi connectivity index (χ1v) is 19.7. The van der Waals surface area contributed by atoms with E-state index in [0.29, 0.717) is 45.3 Å². The number of anilines is 1. The van der Waals surface area contributed by atoms with Crippen LogP contribution in [0.1, 0.15) is 59.4 Å². The van der Waals surface area contributed by atoms with Gasteiger partial charge >= 0.3 is 0 Å². The van der Waals surface area contributed by atoms with E-state index in [2.05, 4.69) is 64.4 Å². The van der Waals surface area contributed by atoms with Gasteiger partial charge in [0.1, 0.15) is 5.82 Å². The molecule has 2 atom stereocenters. The third-order valence-electron chi connectivity index (χ3n) is 10.1. The van der Waals surface area contributed by atoms with Gasteiger partial charge in [0, 0.05) is 38.0 Å². The highest BCUT2D eigenvalue weighted by Crippen LogP contribution is 2.36. The van der Waals surface area contributed by atoms with Crippen LogP contribution in [0, 0.1) is 17.6 Å². The van der Waals surface area contributed by atoms with Crippen molar-refractivity contribution in [3.63, 3.8) is 0 Å². The predicted octanol–water partition coefficient (Wildman–Crippen LogP) is 5.22. The van der Waals surface area contributed by atoms with Crippen LogP contribution in [0.5, 0.6) is 11.6 Å². The molecule has 0 bridgehead atoms. The molecule has 2 aromatic heterocycles. The van der Waals surface area contributed by atoms with Gasteiger partial charge in [-0.2, -0.15) is 0 Å². The zero-order valence-electron chi connectivity index (χ0n) is 29.7. The van der Waals surface area contributed by atoms with Crippen molar-refractivity contribution in [3.05, 3.63) is 53.6 Å². The summed E-state index contributed by atoms with van der Waals surface area (Å²) in [5.41, 5.74) is 1.49. The predicted molar refractivity (Wildman–Crippen MR) is 183 cm³/mol. The molecule has 1 aliphatic carbocycles. The summed E-state index contributed by atoms with van der Waals surface area (Å²) < 4.78 is 40.7. The van der Waals surface area contributed by atoms with Gasteiger partial charge in [0.2, 0.25) is 17.7 Å². The molecule has 5 rings (SSSR count). The van der Waals surface area contributed by atoms with E-state index in [1.807, 2.05) is 30.4 Å². The van der Waals surface area contributed by atoms with Crippen LogP contribution in [0.4, 0.5) is 14.6 Å². The van der Waals surface area contributed by atoms with Crippen LogP contribution in [-0.4, -0.2) is 92.7 Å². The number of aromatic nitrogens is 5. The first kappa shape index (κ1) is 36.5. The largest absolute Gasteiger partial charge is 0.434 e. The lowest BCUT2D eigenvalue weighted by molar-refractivity contribution is -0.146. The number of hydrogen-bond acceptors (Lipinski definition) is 9. The van der Waals surface area contributed by atoms with Gasteiger partial charge in [0.05, 0.1) is 48.5 Å². The SMILES string of the molecule is C[C@@H](C(=O)Nc1cnc(Oc2ccc(F)cc2F)cn1)N1CCN(C(=O)C2CCc3c(nnn3CCO[Si](C)(C)C(C)(C)C)C2)C(C)(C)C1. The van der Waals surface area contributed by atoms with Gasteiger partial charge in [-0.3, -0.25) is 14.5 Å². The number of carbonyl (C=O) groups is 2. The molecule has 1 aliphatic heterocycles. The summed E-state index contributed by atoms with van der Waals surface area (Å²) in [6.07, 6.45) is 4.60. The Bertz CT molecular complexity index is 1660. The fraction of sp³-hybridized carbons (Fsp3) is 0.588. The molecule has 12 nitrogen and oxygen atoms in total. The minimum Gasteiger partial charge on any atom is -0.434 e. The van der Waals surface area contributed by atoms with E-state index in [4.69, 9.17) is 9.16 Å². The number of carbonyl (C=O) groups excluding carboxylic acids is 2. The number of nitrogens with zero attached hydrogens (tertiary/aromatic N) is 7. The summed E-state index contributed by atoms with van der Waals surface area (Å²) in [6.45, 7) is 19.8. The first-order valence-electron chi connectivity index (χ1n) is 16.8. The Morgan fingerprint density at radius 2 is 1.90 bits per heavy atom. The average Bonchev–Trinajstić information content (AvgIpc) is 3.43. The van der Waals surface area contributed by atoms with E-state index in [1.54, 1.807) is 0 Å². The number of fused-ring (bicyclic) bond motifs is 1. The molecule has 0 radical (unpaired) electrons. The molecule has 2 amide bonds. The minimum absolute atomic E-state index is 0.00964. The zero-order valence-corrected chi connectivity index (χ0v) is 30.7. The van der Waals surface area contributed by atoms with Crippen molar-refractivity contribution in [2.75, 3.05) is 31.6 Å². The van der Waals surface area contributed by atoms with Gasteiger partial charge in [-0.15, -0.1) is 5.10 Å². The highest BCUT2D eigenvalue weighted by Gasteiger charge is 2.42. The molecular formula is C34H48F2N8O4Si. The maximum atomic E-state index is 13.9. The third-order valence-corrected chi connectivity index (χ3v) is 14.7. The van der Waals surface area contributed by atoms with Gasteiger partial charge in [-0.05, 0) is 63.9 Å². The number of hydrogen-bond donors (Lipinski definition) is 1. The molecule has 49 heavy (non-hydrogen) atoms. The lowest BCUT2D eigenvalue weighted by Gasteiger charge is -2.49. The number of rotatable bonds is 10. The van der Waals surface area contributed by atoms with Crippen LogP contribution in [0.3, 0.4) is 0 Å². The van der Waals surface area contributed by atoms with Gasteiger partial charge in [-0.1, -0.05) is 26.0 Å². The molecule has 3 heterocycles. The molecule has 1 saturated heterocycles. The number of piperazine rings is 1. The monoisotopic (exact) mass is 698 g/mol. The van der Waals surface area contributed by atoms with Crippen molar-refractivity contribution >= 4 is 25.9 Å². The average molecular weight is 699 g/mol. The summed E-state index contributed by atoms with van der Waals surface area (Å²) in [5, 5.41) is 11.8. The van der Waals surface area contributed by atoms with Crippen LogP contribution >= 0.6 is 0 Å². The Balaban J connectivity index is 1.12. The molecule has 2 aliphatic rings. The standard InChI is InChI=1S/C34H48F2N8O4Si/c1-22(31(45)39-29-19-38-30(20-37-29)48-28-12-10-24(35)18-25(28)36)42-13-14-43(34(5,6)21-42)32(46)23-9-11-27-26(17-23)40-41-44(27)15-16-47-49(7,8)33(2,3)4/h10,12,18-20,22-23H,9,11,13-17,21H2,1-8H3,(H,37,39,45)/t22-,23?/m0/s1. The Morgan fingerprint density at radius 1 is 1.14 bits per heavy atom. The summed E-state index contributed by atoms with van der Waals surface area (Å²) in [5.74, 6) is -1.92. The molecule has 3 aromatic rings. The normalized spacial score (nSPS) is 18.9. The molecular weight excluding hydrogens is 651 g/mol. The number of benzene rings is 1. The quantitative estimate of drug-likeness (QED) is 0.284. The second kappa shape index (κ2) is 14.2. The van der Waals surface area contributed by atoms with Crippen LogP contribution in [-0.2, 0) is 33.4 Å². The van der Waals surface area contributed by atoms with Crippen LogP contribution in [0.25, 0.3) is 0 Å². The molecule has 0 saturated carbocycles. The van der Waals surface area contributed by atoms with Gasteiger partial charge in [0.25, 0.3) is 0 Å². The summed E-state index contributed by atoms with van der Waals surface area (Å²) in [7, 11) is -1.85. The van der Waals surface area contributed by atoms with Crippen molar-refractivity contribution in [1.29, 1.82) is 0 Å². The number of amides is 2. The van der Waals surface area contributed by atoms with E-state index in [0.717, 1.165) is 36.4 Å². The fourth-order valence-corrected chi connectivity index (χ4v) is 7.13. The second-order valence-electron chi connectivity index (χ2n) is 15.1. The Labute approximate surface area is 287 Å². The number of halogens is 2. The molecule has 266 valence electrons. The van der Waals surface area contributed by atoms with Crippen molar-refractivity contribution in [1.82, 2.24) is 34.8 Å². The van der Waals surface area contributed by atoms with E-state index >= 15 is 0 Å². The molecule has 1 aromatic carbocycles. The zero-order chi connectivity index (χ0) is 35.7. The van der Waals surface area contributed by atoms with E-state index in [1.165, 1.54) is 12.4 Å². The van der Waals surface area contributed by atoms with Crippen molar-refractivity contribution in [2.24, 2.45) is 5.92 Å². The molecule has 1 N–H and O–H groups in total. The number of ether oxygens (including phenoxy) is 1. The van der Waals surface area contributed by atoms with Crippen molar-refractivity contribution < 1.29 is 27.5 Å². The van der Waals surface area contributed by atoms with Crippen molar-refractivity contribution in [2.45, 2.75) is 97.1 Å². The van der Waals surface area contributed by atoms with Gasteiger partial charge < -0.3 is 19.4 Å². The second-order valence-corrected chi connectivity index (χ2v) is 19.9. The molecule has 0 spiro atoms. The van der Waals surface area contributed by atoms with E-state index in [9.17, 15) is 18.4 Å².